The van der Waals surface area contributed by atoms with Gasteiger partial charge in [0, 0.05) is 24.7 Å². The van der Waals surface area contributed by atoms with E-state index in [-0.39, 0.29) is 18.4 Å². The number of anilines is 1. The number of benzene rings is 1. The third-order valence-corrected chi connectivity index (χ3v) is 3.49. The lowest BCUT2D eigenvalue weighted by atomic mass is 10.0. The van der Waals surface area contributed by atoms with Crippen molar-refractivity contribution in [3.05, 3.63) is 29.3 Å². The van der Waals surface area contributed by atoms with E-state index in [1.165, 1.54) is 5.56 Å². The van der Waals surface area contributed by atoms with E-state index in [4.69, 9.17) is 5.11 Å². The summed E-state index contributed by atoms with van der Waals surface area (Å²) in [6, 6.07) is 5.66. The SMILES string of the molecule is Cc1ccc(N2CC(CC(=O)O)CNC2=O)cc1C. The highest BCUT2D eigenvalue weighted by Crippen LogP contribution is 2.22. The van der Waals surface area contributed by atoms with E-state index in [1.807, 2.05) is 32.0 Å². The summed E-state index contributed by atoms with van der Waals surface area (Å²) in [5.74, 6) is -0.891. The van der Waals surface area contributed by atoms with Gasteiger partial charge in [-0.05, 0) is 37.1 Å². The van der Waals surface area contributed by atoms with Crippen LogP contribution in [0.2, 0.25) is 0 Å². The Morgan fingerprint density at radius 2 is 2.16 bits per heavy atom. The topological polar surface area (TPSA) is 69.6 Å². The lowest BCUT2D eigenvalue weighted by Gasteiger charge is -2.33. The predicted octanol–water partition coefficient (Wildman–Crippen LogP) is 1.92. The van der Waals surface area contributed by atoms with Crippen molar-refractivity contribution in [2.45, 2.75) is 20.3 Å². The summed E-state index contributed by atoms with van der Waals surface area (Å²) in [6.07, 6.45) is 0.0711. The molecule has 1 heterocycles. The van der Waals surface area contributed by atoms with Crippen molar-refractivity contribution in [2.24, 2.45) is 5.92 Å². The van der Waals surface area contributed by atoms with Crippen LogP contribution < -0.4 is 10.2 Å². The molecule has 0 bridgehead atoms. The molecule has 5 nitrogen and oxygen atoms in total. The molecule has 1 aromatic carbocycles. The minimum absolute atomic E-state index is 0.0585. The van der Waals surface area contributed by atoms with E-state index in [2.05, 4.69) is 5.32 Å². The minimum Gasteiger partial charge on any atom is -0.481 e. The van der Waals surface area contributed by atoms with Gasteiger partial charge in [-0.15, -0.1) is 0 Å². The van der Waals surface area contributed by atoms with Crippen LogP contribution >= 0.6 is 0 Å². The summed E-state index contributed by atoms with van der Waals surface area (Å²) in [4.78, 5) is 24.3. The molecule has 1 aliphatic heterocycles. The minimum atomic E-state index is -0.832. The van der Waals surface area contributed by atoms with Gasteiger partial charge in [0.05, 0.1) is 6.42 Å². The number of urea groups is 1. The van der Waals surface area contributed by atoms with Crippen LogP contribution in [0.3, 0.4) is 0 Å². The molecule has 0 aromatic heterocycles. The third kappa shape index (κ3) is 3.05. The van der Waals surface area contributed by atoms with Crippen LogP contribution in [0.15, 0.2) is 18.2 Å². The van der Waals surface area contributed by atoms with Gasteiger partial charge in [0.25, 0.3) is 0 Å². The summed E-state index contributed by atoms with van der Waals surface area (Å²) in [7, 11) is 0. The van der Waals surface area contributed by atoms with E-state index in [0.29, 0.717) is 13.1 Å². The summed E-state index contributed by atoms with van der Waals surface area (Å²) < 4.78 is 0. The Bertz CT molecular complexity index is 513. The smallest absolute Gasteiger partial charge is 0.321 e. The summed E-state index contributed by atoms with van der Waals surface area (Å²) in [6.45, 7) is 4.88. The number of carbonyl (C=O) groups excluding carboxylic acids is 1. The molecule has 2 rings (SSSR count). The Morgan fingerprint density at radius 1 is 1.42 bits per heavy atom. The standard InChI is InChI=1S/C14H18N2O3/c1-9-3-4-12(5-10(9)2)16-8-11(6-13(17)18)7-15-14(16)19/h3-5,11H,6-8H2,1-2H3,(H,15,19)(H,17,18). The van der Waals surface area contributed by atoms with Gasteiger partial charge < -0.3 is 10.4 Å². The fraction of sp³-hybridized carbons (Fsp3) is 0.429. The average molecular weight is 262 g/mol. The predicted molar refractivity (Wildman–Crippen MR) is 72.4 cm³/mol. The molecule has 1 unspecified atom stereocenters. The quantitative estimate of drug-likeness (QED) is 0.874. The molecule has 102 valence electrons. The average Bonchev–Trinajstić information content (AvgIpc) is 2.34. The van der Waals surface area contributed by atoms with Crippen LogP contribution in [0.5, 0.6) is 0 Å². The highest BCUT2D eigenvalue weighted by Gasteiger charge is 2.27. The van der Waals surface area contributed by atoms with Crippen molar-refractivity contribution in [3.8, 4) is 0 Å². The van der Waals surface area contributed by atoms with Crippen LogP contribution in [0, 0.1) is 19.8 Å². The van der Waals surface area contributed by atoms with Crippen LogP contribution in [-0.4, -0.2) is 30.2 Å². The molecule has 0 spiro atoms. The molecule has 0 aliphatic carbocycles. The number of carboxylic acid groups (broad SMARTS) is 1. The summed E-state index contributed by atoms with van der Waals surface area (Å²) in [5, 5.41) is 11.6. The lowest BCUT2D eigenvalue weighted by Crippen LogP contribution is -2.51. The monoisotopic (exact) mass is 262 g/mol. The molecule has 1 aromatic rings. The van der Waals surface area contributed by atoms with Crippen molar-refractivity contribution >= 4 is 17.7 Å². The van der Waals surface area contributed by atoms with E-state index in [0.717, 1.165) is 11.3 Å². The molecule has 1 atom stereocenters. The second-order valence-corrected chi connectivity index (χ2v) is 5.03. The van der Waals surface area contributed by atoms with Crippen molar-refractivity contribution < 1.29 is 14.7 Å². The molecule has 1 fully saturated rings. The van der Waals surface area contributed by atoms with E-state index >= 15 is 0 Å². The van der Waals surface area contributed by atoms with Gasteiger partial charge in [-0.3, -0.25) is 9.69 Å². The van der Waals surface area contributed by atoms with Crippen LogP contribution in [0.1, 0.15) is 17.5 Å². The van der Waals surface area contributed by atoms with E-state index in [1.54, 1.807) is 4.90 Å². The third-order valence-electron chi connectivity index (χ3n) is 3.49. The van der Waals surface area contributed by atoms with Crippen molar-refractivity contribution in [3.63, 3.8) is 0 Å². The number of rotatable bonds is 3. The van der Waals surface area contributed by atoms with Gasteiger partial charge in [-0.1, -0.05) is 6.07 Å². The molecule has 1 aliphatic rings. The second kappa shape index (κ2) is 5.30. The molecule has 5 heteroatoms. The van der Waals surface area contributed by atoms with E-state index in [9.17, 15) is 9.59 Å². The highest BCUT2D eigenvalue weighted by atomic mass is 16.4. The molecular formula is C14H18N2O3. The first kappa shape index (κ1) is 13.4. The maximum Gasteiger partial charge on any atom is 0.321 e. The molecule has 2 N–H and O–H groups in total. The number of aryl methyl sites for hydroxylation is 2. The first-order valence-electron chi connectivity index (χ1n) is 6.32. The molecule has 19 heavy (non-hydrogen) atoms. The van der Waals surface area contributed by atoms with Crippen molar-refractivity contribution in [1.29, 1.82) is 0 Å². The number of carbonyl (C=O) groups is 2. The first-order valence-corrected chi connectivity index (χ1v) is 6.32. The number of nitrogens with one attached hydrogen (secondary N) is 1. The fourth-order valence-corrected chi connectivity index (χ4v) is 2.23. The second-order valence-electron chi connectivity index (χ2n) is 5.03. The van der Waals surface area contributed by atoms with Crippen LogP contribution in [0.25, 0.3) is 0 Å². The Kier molecular flexibility index (Phi) is 3.74. The lowest BCUT2D eigenvalue weighted by molar-refractivity contribution is -0.138. The van der Waals surface area contributed by atoms with Gasteiger partial charge in [-0.2, -0.15) is 0 Å². The number of aliphatic carboxylic acids is 1. The maximum absolute atomic E-state index is 11.9. The number of nitrogens with zero attached hydrogens (tertiary/aromatic N) is 1. The Hall–Kier alpha value is -2.04. The Morgan fingerprint density at radius 3 is 2.79 bits per heavy atom. The maximum atomic E-state index is 11.9. The normalized spacial score (nSPS) is 19.2. The Balaban J connectivity index is 2.18. The van der Waals surface area contributed by atoms with E-state index < -0.39 is 5.97 Å². The van der Waals surface area contributed by atoms with Crippen LogP contribution in [-0.2, 0) is 4.79 Å². The van der Waals surface area contributed by atoms with Gasteiger partial charge >= 0.3 is 12.0 Å². The largest absolute Gasteiger partial charge is 0.481 e. The summed E-state index contributed by atoms with van der Waals surface area (Å²) >= 11 is 0. The number of amides is 2. The van der Waals surface area contributed by atoms with Gasteiger partial charge in [0.15, 0.2) is 0 Å². The number of carboxylic acids is 1. The summed E-state index contributed by atoms with van der Waals surface area (Å²) in [5.41, 5.74) is 3.10. The number of hydrogen-bond donors (Lipinski definition) is 2. The number of hydrogen-bond acceptors (Lipinski definition) is 2. The zero-order valence-corrected chi connectivity index (χ0v) is 11.1. The van der Waals surface area contributed by atoms with Crippen LogP contribution in [0.4, 0.5) is 10.5 Å². The highest BCUT2D eigenvalue weighted by molar-refractivity contribution is 5.93. The van der Waals surface area contributed by atoms with Gasteiger partial charge in [0.1, 0.15) is 0 Å². The van der Waals surface area contributed by atoms with Gasteiger partial charge in [-0.25, -0.2) is 4.79 Å². The zero-order chi connectivity index (χ0) is 14.0. The van der Waals surface area contributed by atoms with Gasteiger partial charge in [0.2, 0.25) is 0 Å². The van der Waals surface area contributed by atoms with Crippen molar-refractivity contribution in [1.82, 2.24) is 5.32 Å². The van der Waals surface area contributed by atoms with Crippen molar-refractivity contribution in [2.75, 3.05) is 18.0 Å². The Labute approximate surface area is 112 Å². The molecule has 2 amide bonds. The molecular weight excluding hydrogens is 244 g/mol. The fourth-order valence-electron chi connectivity index (χ4n) is 2.23. The molecule has 0 radical (unpaired) electrons. The molecule has 0 saturated carbocycles. The zero-order valence-electron chi connectivity index (χ0n) is 11.1. The first-order chi connectivity index (χ1) is 8.97. The molecule has 1 saturated heterocycles.